The lowest BCUT2D eigenvalue weighted by Crippen LogP contribution is -2.66. The van der Waals surface area contributed by atoms with Crippen LogP contribution in [0.3, 0.4) is 0 Å². The van der Waals surface area contributed by atoms with E-state index in [-0.39, 0.29) is 10.1 Å². The van der Waals surface area contributed by atoms with Crippen LogP contribution in [0.1, 0.15) is 61.3 Å². The molecule has 0 heterocycles. The Morgan fingerprint density at radius 2 is 1.24 bits per heavy atom. The van der Waals surface area contributed by atoms with Crippen LogP contribution in [0.5, 0.6) is 0 Å². The minimum atomic E-state index is -2.47. The van der Waals surface area contributed by atoms with Crippen molar-refractivity contribution in [2.45, 2.75) is 84.5 Å². The van der Waals surface area contributed by atoms with Gasteiger partial charge in [-0.05, 0) is 53.3 Å². The molecule has 0 bridgehead atoms. The molecule has 33 heavy (non-hydrogen) atoms. The minimum absolute atomic E-state index is 0.00694. The van der Waals surface area contributed by atoms with E-state index in [9.17, 15) is 0 Å². The molecule has 0 spiro atoms. The molecule has 0 aromatic heterocycles. The molecular formula is C29H46O2Si2. The lowest BCUT2D eigenvalue weighted by molar-refractivity contribution is 0.283. The van der Waals surface area contributed by atoms with Crippen LogP contribution in [-0.2, 0) is 8.85 Å². The van der Waals surface area contributed by atoms with Gasteiger partial charge < -0.3 is 8.85 Å². The van der Waals surface area contributed by atoms with Gasteiger partial charge in [-0.2, -0.15) is 0 Å². The lowest BCUT2D eigenvalue weighted by Gasteiger charge is -2.43. The Labute approximate surface area is 205 Å². The van der Waals surface area contributed by atoms with Gasteiger partial charge in [0.15, 0.2) is 8.32 Å². The third-order valence-electron chi connectivity index (χ3n) is 7.04. The average molecular weight is 483 g/mol. The smallest absolute Gasteiger partial charge is 0.261 e. The topological polar surface area (TPSA) is 18.5 Å². The average Bonchev–Trinajstić information content (AvgIpc) is 2.73. The van der Waals surface area contributed by atoms with Crippen LogP contribution in [0.15, 0.2) is 72.3 Å². The van der Waals surface area contributed by atoms with Crippen LogP contribution in [-0.4, -0.2) is 29.8 Å². The van der Waals surface area contributed by atoms with Gasteiger partial charge in [-0.25, -0.2) is 0 Å². The first-order chi connectivity index (χ1) is 15.3. The maximum absolute atomic E-state index is 7.03. The third-order valence-corrected chi connectivity index (χ3v) is 16.6. The number of hydrogen-bond acceptors (Lipinski definition) is 2. The van der Waals surface area contributed by atoms with Crippen molar-refractivity contribution in [2.24, 2.45) is 0 Å². The summed E-state index contributed by atoms with van der Waals surface area (Å²) < 4.78 is 13.4. The molecule has 2 aromatic rings. The van der Waals surface area contributed by atoms with E-state index in [4.69, 9.17) is 8.85 Å². The number of hydrogen-bond donors (Lipinski definition) is 0. The molecule has 0 saturated heterocycles. The monoisotopic (exact) mass is 482 g/mol. The summed E-state index contributed by atoms with van der Waals surface area (Å²) in [5.41, 5.74) is 1.30. The van der Waals surface area contributed by atoms with Crippen LogP contribution in [0.2, 0.25) is 23.2 Å². The Bertz CT molecular complexity index is 836. The quantitative estimate of drug-likeness (QED) is 0.201. The Balaban J connectivity index is 2.14. The summed E-state index contributed by atoms with van der Waals surface area (Å²) in [4.78, 5) is 0. The van der Waals surface area contributed by atoms with Crippen LogP contribution in [0, 0.1) is 0 Å². The predicted octanol–water partition coefficient (Wildman–Crippen LogP) is 7.31. The fourth-order valence-electron chi connectivity index (χ4n) is 4.02. The number of benzene rings is 2. The first-order valence-corrected chi connectivity index (χ1v) is 17.2. The molecule has 0 fully saturated rings. The summed E-state index contributed by atoms with van der Waals surface area (Å²) in [5.74, 6) is 0. The van der Waals surface area contributed by atoms with Crippen molar-refractivity contribution in [3.63, 3.8) is 0 Å². The molecule has 0 aliphatic rings. The van der Waals surface area contributed by atoms with E-state index >= 15 is 0 Å². The van der Waals surface area contributed by atoms with Gasteiger partial charge in [0.2, 0.25) is 0 Å². The minimum Gasteiger partial charge on any atom is -0.417 e. The van der Waals surface area contributed by atoms with Gasteiger partial charge >= 0.3 is 0 Å². The van der Waals surface area contributed by atoms with Crippen molar-refractivity contribution in [3.05, 3.63) is 72.3 Å². The second-order valence-electron chi connectivity index (χ2n) is 11.8. The van der Waals surface area contributed by atoms with Crippen LogP contribution in [0.25, 0.3) is 0 Å². The van der Waals surface area contributed by atoms with E-state index in [1.54, 1.807) is 0 Å². The molecule has 0 saturated carbocycles. The van der Waals surface area contributed by atoms with Crippen molar-refractivity contribution in [1.29, 1.82) is 0 Å². The normalized spacial score (nSPS) is 13.9. The molecule has 2 aromatic carbocycles. The number of unbranched alkanes of at least 4 members (excludes halogenated alkanes) is 1. The molecule has 0 aliphatic heterocycles. The molecule has 0 N–H and O–H groups in total. The molecule has 182 valence electrons. The molecule has 0 amide bonds. The van der Waals surface area contributed by atoms with Gasteiger partial charge in [0.1, 0.15) is 0 Å². The molecular weight excluding hydrogens is 436 g/mol. The summed E-state index contributed by atoms with van der Waals surface area (Å²) >= 11 is 0. The molecule has 0 aliphatic carbocycles. The van der Waals surface area contributed by atoms with Crippen molar-refractivity contribution in [3.8, 4) is 0 Å². The van der Waals surface area contributed by atoms with Gasteiger partial charge in [0.25, 0.3) is 8.32 Å². The number of rotatable bonds is 10. The highest BCUT2D eigenvalue weighted by atomic mass is 28.4. The summed E-state index contributed by atoms with van der Waals surface area (Å²) in [6.07, 6.45) is 4.43. The van der Waals surface area contributed by atoms with Gasteiger partial charge in [-0.15, -0.1) is 0 Å². The van der Waals surface area contributed by atoms with Crippen molar-refractivity contribution < 1.29 is 8.85 Å². The van der Waals surface area contributed by atoms with E-state index in [1.165, 1.54) is 15.9 Å². The van der Waals surface area contributed by atoms with Gasteiger partial charge in [0.05, 0.1) is 6.61 Å². The maximum atomic E-state index is 7.03. The summed E-state index contributed by atoms with van der Waals surface area (Å²) in [6, 6.07) is 21.7. The Morgan fingerprint density at radius 3 is 1.67 bits per heavy atom. The van der Waals surface area contributed by atoms with E-state index in [0.717, 1.165) is 19.4 Å². The van der Waals surface area contributed by atoms with Gasteiger partial charge in [-0.1, -0.05) is 114 Å². The van der Waals surface area contributed by atoms with Crippen LogP contribution >= 0.6 is 0 Å². The highest BCUT2D eigenvalue weighted by Crippen LogP contribution is 2.37. The molecule has 2 nitrogen and oxygen atoms in total. The molecule has 0 unspecified atom stereocenters. The Morgan fingerprint density at radius 1 is 0.758 bits per heavy atom. The van der Waals surface area contributed by atoms with Crippen LogP contribution in [0.4, 0.5) is 0 Å². The van der Waals surface area contributed by atoms with Crippen molar-refractivity contribution in [1.82, 2.24) is 0 Å². The zero-order valence-electron chi connectivity index (χ0n) is 22.5. The molecule has 0 radical (unpaired) electrons. The predicted molar refractivity (Wildman–Crippen MR) is 150 cm³/mol. The molecule has 2 rings (SSSR count). The summed E-state index contributed by atoms with van der Waals surface area (Å²) in [6.45, 7) is 22.2. The maximum Gasteiger partial charge on any atom is 0.261 e. The summed E-state index contributed by atoms with van der Waals surface area (Å²) in [5, 5.41) is 2.94. The molecule has 0 atom stereocenters. The highest BCUT2D eigenvalue weighted by molar-refractivity contribution is 6.99. The third kappa shape index (κ3) is 7.01. The SMILES string of the molecule is C/C(=C/CCCO[Si](C)(C)C(C)(C)C)CO[Si](c1ccccc1)(c1ccccc1)C(C)(C)C. The van der Waals surface area contributed by atoms with Crippen LogP contribution < -0.4 is 10.4 Å². The first-order valence-electron chi connectivity index (χ1n) is 12.4. The second kappa shape index (κ2) is 11.3. The number of allylic oxidation sites excluding steroid dienone is 1. The zero-order valence-corrected chi connectivity index (χ0v) is 24.5. The van der Waals surface area contributed by atoms with Crippen molar-refractivity contribution >= 4 is 27.0 Å². The standard InChI is InChI=1S/C29H46O2Si2/c1-25(18-16-17-23-30-32(8,9)28(2,3)4)24-31-33(29(5,6)7,26-19-12-10-13-20-26)27-21-14-11-15-22-27/h10-15,18-22H,16-17,23-24H2,1-9H3/b25-18-. The first kappa shape index (κ1) is 27.8. The second-order valence-corrected chi connectivity index (χ2v) is 20.9. The van der Waals surface area contributed by atoms with Crippen molar-refractivity contribution in [2.75, 3.05) is 13.2 Å². The van der Waals surface area contributed by atoms with E-state index in [0.29, 0.717) is 6.61 Å². The lowest BCUT2D eigenvalue weighted by atomic mass is 10.2. The summed E-state index contributed by atoms with van der Waals surface area (Å²) in [7, 11) is -4.13. The van der Waals surface area contributed by atoms with E-state index in [1.807, 2.05) is 0 Å². The fraction of sp³-hybridized carbons (Fsp3) is 0.517. The van der Waals surface area contributed by atoms with E-state index in [2.05, 4.69) is 128 Å². The fourth-order valence-corrected chi connectivity index (χ4v) is 9.71. The largest absolute Gasteiger partial charge is 0.417 e. The van der Waals surface area contributed by atoms with Gasteiger partial charge in [0, 0.05) is 6.61 Å². The van der Waals surface area contributed by atoms with E-state index < -0.39 is 16.6 Å². The zero-order chi connectivity index (χ0) is 24.8. The Kier molecular flexibility index (Phi) is 9.52. The van der Waals surface area contributed by atoms with Gasteiger partial charge in [-0.3, -0.25) is 0 Å². The highest BCUT2D eigenvalue weighted by Gasteiger charge is 2.50. The molecule has 4 heteroatoms. The Hall–Kier alpha value is -1.47.